The SMILES string of the molecule is CCn1ccc(NC(=O)c2ccc3c(c2)C(C)(C)CC(=O)N3)n1. The maximum Gasteiger partial charge on any atom is 0.256 e. The van der Waals surface area contributed by atoms with Gasteiger partial charge in [-0.3, -0.25) is 14.3 Å². The zero-order chi connectivity index (χ0) is 16.6. The lowest BCUT2D eigenvalue weighted by Crippen LogP contribution is -2.32. The molecule has 0 spiro atoms. The fraction of sp³-hybridized carbons (Fsp3) is 0.353. The molecule has 6 nitrogen and oxygen atoms in total. The van der Waals surface area contributed by atoms with E-state index in [0.717, 1.165) is 17.8 Å². The van der Waals surface area contributed by atoms with Gasteiger partial charge in [0, 0.05) is 41.9 Å². The van der Waals surface area contributed by atoms with Crippen molar-refractivity contribution < 1.29 is 9.59 Å². The number of benzene rings is 1. The average molecular weight is 312 g/mol. The van der Waals surface area contributed by atoms with Crippen LogP contribution in [0.5, 0.6) is 0 Å². The second-order valence-electron chi connectivity index (χ2n) is 6.38. The number of carbonyl (C=O) groups is 2. The van der Waals surface area contributed by atoms with Gasteiger partial charge in [-0.25, -0.2) is 0 Å². The lowest BCUT2D eigenvalue weighted by Gasteiger charge is -2.32. The monoisotopic (exact) mass is 312 g/mol. The Hall–Kier alpha value is -2.63. The summed E-state index contributed by atoms with van der Waals surface area (Å²) in [5, 5.41) is 9.90. The number of nitrogens with one attached hydrogen (secondary N) is 2. The fourth-order valence-corrected chi connectivity index (χ4v) is 2.84. The van der Waals surface area contributed by atoms with Crippen LogP contribution in [-0.2, 0) is 16.8 Å². The molecule has 0 radical (unpaired) electrons. The van der Waals surface area contributed by atoms with Gasteiger partial charge in [0.25, 0.3) is 5.91 Å². The standard InChI is InChI=1S/C17H20N4O2/c1-4-21-8-7-14(20-21)19-16(23)11-5-6-13-12(9-11)17(2,3)10-15(22)18-13/h5-9H,4,10H2,1-3H3,(H,18,22)(H,19,20,23). The molecule has 23 heavy (non-hydrogen) atoms. The summed E-state index contributed by atoms with van der Waals surface area (Å²) in [6.07, 6.45) is 2.23. The van der Waals surface area contributed by atoms with Gasteiger partial charge in [0.1, 0.15) is 0 Å². The van der Waals surface area contributed by atoms with Gasteiger partial charge in [-0.2, -0.15) is 5.10 Å². The second kappa shape index (κ2) is 5.53. The first-order chi connectivity index (χ1) is 10.9. The third-order valence-corrected chi connectivity index (χ3v) is 4.09. The van der Waals surface area contributed by atoms with Crippen molar-refractivity contribution >= 4 is 23.3 Å². The maximum atomic E-state index is 12.4. The molecule has 6 heteroatoms. The first kappa shape index (κ1) is 15.3. The average Bonchev–Trinajstić information content (AvgIpc) is 2.93. The van der Waals surface area contributed by atoms with Crippen molar-refractivity contribution in [3.05, 3.63) is 41.6 Å². The smallest absolute Gasteiger partial charge is 0.256 e. The predicted octanol–water partition coefficient (Wildman–Crippen LogP) is 2.78. The molecule has 0 atom stereocenters. The molecule has 2 N–H and O–H groups in total. The Kier molecular flexibility index (Phi) is 3.67. The lowest BCUT2D eigenvalue weighted by molar-refractivity contribution is -0.117. The third-order valence-electron chi connectivity index (χ3n) is 4.09. The number of rotatable bonds is 3. The largest absolute Gasteiger partial charge is 0.326 e. The summed E-state index contributed by atoms with van der Waals surface area (Å²) in [5.74, 6) is 0.328. The van der Waals surface area contributed by atoms with Crippen LogP contribution in [0.4, 0.5) is 11.5 Å². The zero-order valence-electron chi connectivity index (χ0n) is 13.5. The molecule has 0 saturated carbocycles. The summed E-state index contributed by atoms with van der Waals surface area (Å²) in [7, 11) is 0. The summed E-state index contributed by atoms with van der Waals surface area (Å²) in [6, 6.07) is 7.12. The number of aromatic nitrogens is 2. The molecule has 0 saturated heterocycles. The van der Waals surface area contributed by atoms with Gasteiger partial charge in [-0.05, 0) is 30.7 Å². The fourth-order valence-electron chi connectivity index (χ4n) is 2.84. The van der Waals surface area contributed by atoms with Crippen molar-refractivity contribution in [2.45, 2.75) is 39.2 Å². The van der Waals surface area contributed by atoms with E-state index in [1.807, 2.05) is 33.0 Å². The third kappa shape index (κ3) is 2.97. The number of carbonyl (C=O) groups excluding carboxylic acids is 2. The minimum absolute atomic E-state index is 0.00445. The number of nitrogens with zero attached hydrogens (tertiary/aromatic N) is 2. The van der Waals surface area contributed by atoms with Crippen LogP contribution in [0.15, 0.2) is 30.5 Å². The number of hydrogen-bond acceptors (Lipinski definition) is 3. The van der Waals surface area contributed by atoms with Gasteiger partial charge in [0.05, 0.1) is 0 Å². The number of fused-ring (bicyclic) bond motifs is 1. The van der Waals surface area contributed by atoms with Crippen molar-refractivity contribution in [1.82, 2.24) is 9.78 Å². The molecule has 0 bridgehead atoms. The summed E-state index contributed by atoms with van der Waals surface area (Å²) < 4.78 is 1.75. The van der Waals surface area contributed by atoms with Gasteiger partial charge in [-0.1, -0.05) is 13.8 Å². The highest BCUT2D eigenvalue weighted by molar-refractivity contribution is 6.05. The van der Waals surface area contributed by atoms with Crippen LogP contribution in [0.1, 0.15) is 43.1 Å². The molecule has 0 unspecified atom stereocenters. The van der Waals surface area contributed by atoms with Crippen LogP contribution in [0, 0.1) is 0 Å². The van der Waals surface area contributed by atoms with Crippen molar-refractivity contribution in [2.24, 2.45) is 0 Å². The van der Waals surface area contributed by atoms with Crippen LogP contribution < -0.4 is 10.6 Å². The molecule has 1 aromatic carbocycles. The van der Waals surface area contributed by atoms with E-state index < -0.39 is 0 Å². The van der Waals surface area contributed by atoms with Crippen LogP contribution in [-0.4, -0.2) is 21.6 Å². The Balaban J connectivity index is 1.86. The topological polar surface area (TPSA) is 76.0 Å². The van der Waals surface area contributed by atoms with Crippen molar-refractivity contribution in [3.63, 3.8) is 0 Å². The van der Waals surface area contributed by atoms with Gasteiger partial charge in [0.15, 0.2) is 5.82 Å². The van der Waals surface area contributed by atoms with Crippen molar-refractivity contribution in [1.29, 1.82) is 0 Å². The highest BCUT2D eigenvalue weighted by Crippen LogP contribution is 2.37. The highest BCUT2D eigenvalue weighted by atomic mass is 16.2. The molecule has 0 fully saturated rings. The second-order valence-corrected chi connectivity index (χ2v) is 6.38. The van der Waals surface area contributed by atoms with Crippen LogP contribution in [0.25, 0.3) is 0 Å². The van der Waals surface area contributed by atoms with Gasteiger partial charge in [-0.15, -0.1) is 0 Å². The summed E-state index contributed by atoms with van der Waals surface area (Å²) >= 11 is 0. The molecule has 2 heterocycles. The molecule has 1 aliphatic heterocycles. The van der Waals surface area contributed by atoms with Gasteiger partial charge >= 0.3 is 0 Å². The van der Waals surface area contributed by atoms with Crippen LogP contribution in [0.3, 0.4) is 0 Å². The zero-order valence-corrected chi connectivity index (χ0v) is 13.5. The Labute approximate surface area is 134 Å². The summed E-state index contributed by atoms with van der Waals surface area (Å²) in [4.78, 5) is 24.2. The molecular formula is C17H20N4O2. The van der Waals surface area contributed by atoms with E-state index in [1.165, 1.54) is 0 Å². The van der Waals surface area contributed by atoms with Crippen molar-refractivity contribution in [2.75, 3.05) is 10.6 Å². The quantitative estimate of drug-likeness (QED) is 0.915. The number of hydrogen-bond donors (Lipinski definition) is 2. The molecule has 3 rings (SSSR count). The molecular weight excluding hydrogens is 292 g/mol. The Bertz CT molecular complexity index is 777. The van der Waals surface area contributed by atoms with Gasteiger partial charge in [0.2, 0.25) is 5.91 Å². The molecule has 2 aromatic rings. The Morgan fingerprint density at radius 2 is 2.17 bits per heavy atom. The molecule has 2 amide bonds. The highest BCUT2D eigenvalue weighted by Gasteiger charge is 2.32. The summed E-state index contributed by atoms with van der Waals surface area (Å²) in [6.45, 7) is 6.76. The first-order valence-corrected chi connectivity index (χ1v) is 7.68. The minimum atomic E-state index is -0.294. The first-order valence-electron chi connectivity index (χ1n) is 7.68. The predicted molar refractivity (Wildman–Crippen MR) is 88.6 cm³/mol. The summed E-state index contributed by atoms with van der Waals surface area (Å²) in [5.41, 5.74) is 2.01. The Morgan fingerprint density at radius 3 is 2.87 bits per heavy atom. The van der Waals surface area contributed by atoms with Crippen LogP contribution >= 0.6 is 0 Å². The Morgan fingerprint density at radius 1 is 1.39 bits per heavy atom. The molecule has 120 valence electrons. The van der Waals surface area contributed by atoms with E-state index in [4.69, 9.17) is 0 Å². The van der Waals surface area contributed by atoms with E-state index in [0.29, 0.717) is 17.8 Å². The lowest BCUT2D eigenvalue weighted by atomic mass is 9.77. The molecule has 1 aromatic heterocycles. The van der Waals surface area contributed by atoms with Gasteiger partial charge < -0.3 is 10.6 Å². The van der Waals surface area contributed by atoms with E-state index in [1.54, 1.807) is 22.9 Å². The number of aryl methyl sites for hydroxylation is 1. The number of amides is 2. The van der Waals surface area contributed by atoms with E-state index in [-0.39, 0.29) is 17.2 Å². The van der Waals surface area contributed by atoms with E-state index in [2.05, 4.69) is 15.7 Å². The number of anilines is 2. The van der Waals surface area contributed by atoms with E-state index >= 15 is 0 Å². The van der Waals surface area contributed by atoms with Crippen LogP contribution in [0.2, 0.25) is 0 Å². The molecule has 0 aliphatic carbocycles. The van der Waals surface area contributed by atoms with Crippen molar-refractivity contribution in [3.8, 4) is 0 Å². The normalized spacial score (nSPS) is 15.7. The van der Waals surface area contributed by atoms with E-state index in [9.17, 15) is 9.59 Å². The maximum absolute atomic E-state index is 12.4. The molecule has 1 aliphatic rings. The minimum Gasteiger partial charge on any atom is -0.326 e.